The van der Waals surface area contributed by atoms with Gasteiger partial charge in [0.25, 0.3) is 0 Å². The lowest BCUT2D eigenvalue weighted by atomic mass is 10.0. The van der Waals surface area contributed by atoms with E-state index in [1.165, 1.54) is 0 Å². The van der Waals surface area contributed by atoms with E-state index in [9.17, 15) is 4.79 Å². The van der Waals surface area contributed by atoms with Crippen molar-refractivity contribution in [3.8, 4) is 6.07 Å². The fourth-order valence-corrected chi connectivity index (χ4v) is 1.99. The van der Waals surface area contributed by atoms with E-state index in [1.54, 1.807) is 30.3 Å². The van der Waals surface area contributed by atoms with E-state index in [0.717, 1.165) is 17.8 Å². The molecule has 1 aromatic carbocycles. The van der Waals surface area contributed by atoms with Gasteiger partial charge in [0.05, 0.1) is 11.6 Å². The summed E-state index contributed by atoms with van der Waals surface area (Å²) in [5.74, 6) is 0.780. The number of rotatable bonds is 5. The van der Waals surface area contributed by atoms with Crippen LogP contribution in [0.4, 0.5) is 22.2 Å². The number of aromatic nitrogens is 2. The highest BCUT2D eigenvalue weighted by Crippen LogP contribution is 2.17. The van der Waals surface area contributed by atoms with Crippen molar-refractivity contribution in [2.24, 2.45) is 0 Å². The Hall–Kier alpha value is -3.14. The second-order valence-electron chi connectivity index (χ2n) is 6.35. The number of nitriles is 1. The minimum Gasteiger partial charge on any atom is -0.340 e. The number of amides is 2. The summed E-state index contributed by atoms with van der Waals surface area (Å²) in [4.78, 5) is 20.6. The summed E-state index contributed by atoms with van der Waals surface area (Å²) >= 11 is 0. The van der Waals surface area contributed by atoms with Crippen LogP contribution in [0.2, 0.25) is 0 Å². The Labute approximate surface area is 147 Å². The van der Waals surface area contributed by atoms with Crippen LogP contribution in [-0.2, 0) is 0 Å². The van der Waals surface area contributed by atoms with Crippen LogP contribution < -0.4 is 16.0 Å². The molecule has 2 aromatic rings. The molecule has 0 bridgehead atoms. The number of carbonyl (C=O) groups is 1. The number of urea groups is 1. The molecular weight excluding hydrogens is 316 g/mol. The van der Waals surface area contributed by atoms with Gasteiger partial charge >= 0.3 is 6.03 Å². The van der Waals surface area contributed by atoms with Crippen LogP contribution in [0.25, 0.3) is 0 Å². The number of hydrogen-bond acceptors (Lipinski definition) is 5. The van der Waals surface area contributed by atoms with Crippen molar-refractivity contribution in [2.45, 2.75) is 39.7 Å². The molecule has 130 valence electrons. The first-order chi connectivity index (χ1) is 11.8. The first kappa shape index (κ1) is 18.2. The lowest BCUT2D eigenvalue weighted by molar-refractivity contribution is 0.240. The summed E-state index contributed by atoms with van der Waals surface area (Å²) in [6.45, 7) is 7.72. The van der Waals surface area contributed by atoms with Crippen LogP contribution >= 0.6 is 0 Å². The third-order valence-corrected chi connectivity index (χ3v) is 3.70. The fraction of sp³-hybridized carbons (Fsp3) is 0.333. The first-order valence-electron chi connectivity index (χ1n) is 8.03. The zero-order valence-corrected chi connectivity index (χ0v) is 14.8. The Morgan fingerprint density at radius 1 is 1.24 bits per heavy atom. The van der Waals surface area contributed by atoms with Crippen molar-refractivity contribution >= 4 is 23.5 Å². The molecule has 7 heteroatoms. The van der Waals surface area contributed by atoms with Gasteiger partial charge in [-0.3, -0.25) is 5.32 Å². The van der Waals surface area contributed by atoms with Crippen LogP contribution in [0.1, 0.15) is 38.4 Å². The lowest BCUT2D eigenvalue weighted by Crippen LogP contribution is -2.45. The van der Waals surface area contributed by atoms with Crippen LogP contribution in [0, 0.1) is 18.3 Å². The monoisotopic (exact) mass is 338 g/mol. The third-order valence-electron chi connectivity index (χ3n) is 3.70. The predicted octanol–water partition coefficient (Wildman–Crippen LogP) is 3.71. The van der Waals surface area contributed by atoms with Gasteiger partial charge in [0.2, 0.25) is 5.95 Å². The zero-order valence-electron chi connectivity index (χ0n) is 14.8. The number of anilines is 3. The predicted molar refractivity (Wildman–Crippen MR) is 97.7 cm³/mol. The van der Waals surface area contributed by atoms with Crippen molar-refractivity contribution in [3.63, 3.8) is 0 Å². The summed E-state index contributed by atoms with van der Waals surface area (Å²) in [5, 5.41) is 17.5. The highest BCUT2D eigenvalue weighted by atomic mass is 16.2. The molecule has 0 unspecified atom stereocenters. The molecule has 0 aliphatic rings. The van der Waals surface area contributed by atoms with Gasteiger partial charge in [-0.1, -0.05) is 6.92 Å². The highest BCUT2D eigenvalue weighted by molar-refractivity contribution is 5.88. The van der Waals surface area contributed by atoms with E-state index in [0.29, 0.717) is 11.4 Å². The smallest absolute Gasteiger partial charge is 0.322 e. The minimum absolute atomic E-state index is 0.223. The van der Waals surface area contributed by atoms with Gasteiger partial charge in [-0.05, 0) is 51.5 Å². The molecule has 3 N–H and O–H groups in total. The Balaban J connectivity index is 2.11. The maximum atomic E-state index is 12.1. The van der Waals surface area contributed by atoms with E-state index >= 15 is 0 Å². The average Bonchev–Trinajstić information content (AvgIpc) is 2.54. The maximum Gasteiger partial charge on any atom is 0.322 e. The molecule has 7 nitrogen and oxygen atoms in total. The molecule has 0 spiro atoms. The molecule has 0 saturated heterocycles. The van der Waals surface area contributed by atoms with Crippen molar-refractivity contribution in [1.82, 2.24) is 15.3 Å². The molecule has 0 atom stereocenters. The van der Waals surface area contributed by atoms with Crippen molar-refractivity contribution < 1.29 is 4.79 Å². The molecule has 1 heterocycles. The van der Waals surface area contributed by atoms with Crippen LogP contribution in [-0.4, -0.2) is 21.5 Å². The van der Waals surface area contributed by atoms with Gasteiger partial charge in [0, 0.05) is 23.0 Å². The number of carbonyl (C=O) groups excluding carboxylic acids is 1. The average molecular weight is 338 g/mol. The van der Waals surface area contributed by atoms with Gasteiger partial charge in [-0.2, -0.15) is 10.2 Å². The summed E-state index contributed by atoms with van der Waals surface area (Å²) in [6, 6.07) is 10.5. The molecule has 2 amide bonds. The standard InChI is InChI=1S/C18H22N6O/c1-5-18(3,4)24-17(25)23-16-20-12(2)10-15(22-16)21-14-8-6-13(11-19)7-9-14/h6-10H,5H2,1-4H3,(H3,20,21,22,23,24,25). The van der Waals surface area contributed by atoms with Crippen LogP contribution in [0.5, 0.6) is 0 Å². The second kappa shape index (κ2) is 7.62. The van der Waals surface area contributed by atoms with Crippen LogP contribution in [0.15, 0.2) is 30.3 Å². The quantitative estimate of drug-likeness (QED) is 0.771. The molecule has 2 rings (SSSR count). The summed E-state index contributed by atoms with van der Waals surface area (Å²) in [7, 11) is 0. The molecule has 0 aliphatic heterocycles. The van der Waals surface area contributed by atoms with Gasteiger partial charge in [0.15, 0.2) is 0 Å². The van der Waals surface area contributed by atoms with Crippen molar-refractivity contribution in [3.05, 3.63) is 41.6 Å². The van der Waals surface area contributed by atoms with Gasteiger partial charge in [0.1, 0.15) is 5.82 Å². The van der Waals surface area contributed by atoms with Crippen LogP contribution in [0.3, 0.4) is 0 Å². The van der Waals surface area contributed by atoms with E-state index in [4.69, 9.17) is 5.26 Å². The molecule has 0 fully saturated rings. The van der Waals surface area contributed by atoms with Gasteiger partial charge < -0.3 is 10.6 Å². The Morgan fingerprint density at radius 3 is 2.52 bits per heavy atom. The minimum atomic E-state index is -0.346. The second-order valence-corrected chi connectivity index (χ2v) is 6.35. The maximum absolute atomic E-state index is 12.1. The topological polar surface area (TPSA) is 103 Å². The Bertz CT molecular complexity index is 792. The molecule has 0 radical (unpaired) electrons. The number of nitrogens with one attached hydrogen (secondary N) is 3. The molecule has 1 aromatic heterocycles. The summed E-state index contributed by atoms with van der Waals surface area (Å²) in [5.41, 5.74) is 1.79. The molecular formula is C18H22N6O. The number of aryl methyl sites for hydroxylation is 1. The SMILES string of the molecule is CCC(C)(C)NC(=O)Nc1nc(C)cc(Nc2ccc(C#N)cc2)n1. The number of nitrogens with zero attached hydrogens (tertiary/aromatic N) is 3. The molecule has 0 aliphatic carbocycles. The largest absolute Gasteiger partial charge is 0.340 e. The summed E-state index contributed by atoms with van der Waals surface area (Å²) in [6.07, 6.45) is 0.806. The van der Waals surface area contributed by atoms with E-state index in [-0.39, 0.29) is 17.5 Å². The number of benzene rings is 1. The highest BCUT2D eigenvalue weighted by Gasteiger charge is 2.18. The third kappa shape index (κ3) is 5.46. The van der Waals surface area contributed by atoms with Gasteiger partial charge in [-0.25, -0.2) is 9.78 Å². The molecule has 25 heavy (non-hydrogen) atoms. The summed E-state index contributed by atoms with van der Waals surface area (Å²) < 4.78 is 0. The van der Waals surface area contributed by atoms with Crippen molar-refractivity contribution in [2.75, 3.05) is 10.6 Å². The van der Waals surface area contributed by atoms with E-state index in [1.807, 2.05) is 27.7 Å². The van der Waals surface area contributed by atoms with E-state index in [2.05, 4.69) is 32.0 Å². The molecule has 0 saturated carbocycles. The number of hydrogen-bond donors (Lipinski definition) is 3. The normalized spacial score (nSPS) is 10.7. The Kier molecular flexibility index (Phi) is 5.55. The fourth-order valence-electron chi connectivity index (χ4n) is 1.99. The lowest BCUT2D eigenvalue weighted by Gasteiger charge is -2.24. The van der Waals surface area contributed by atoms with Gasteiger partial charge in [-0.15, -0.1) is 0 Å². The Morgan fingerprint density at radius 2 is 1.92 bits per heavy atom. The van der Waals surface area contributed by atoms with Crippen molar-refractivity contribution in [1.29, 1.82) is 5.26 Å². The zero-order chi connectivity index (χ0) is 18.4. The first-order valence-corrected chi connectivity index (χ1v) is 8.03. The van der Waals surface area contributed by atoms with E-state index < -0.39 is 0 Å².